The number of nitrogens with zero attached hydrogens (tertiary/aromatic N) is 5. The third-order valence-electron chi connectivity index (χ3n) is 5.13. The van der Waals surface area contributed by atoms with Gasteiger partial charge in [-0.25, -0.2) is 0 Å². The van der Waals surface area contributed by atoms with E-state index in [0.717, 1.165) is 31.2 Å². The second-order valence-corrected chi connectivity index (χ2v) is 8.03. The van der Waals surface area contributed by atoms with Crippen LogP contribution in [0.5, 0.6) is 0 Å². The minimum absolute atomic E-state index is 0.0728. The molecular weight excluding hydrogens is 454 g/mol. The zero-order valence-corrected chi connectivity index (χ0v) is 19.5. The predicted molar refractivity (Wildman–Crippen MR) is 126 cm³/mol. The molecular formula is C22H32N9O4. The number of guanidine groups is 1. The van der Waals surface area contributed by atoms with Crippen LogP contribution in [0.25, 0.3) is 0 Å². The van der Waals surface area contributed by atoms with Crippen LogP contribution in [0.3, 0.4) is 0 Å². The number of aliphatic imine (C=N–C) groups is 1. The van der Waals surface area contributed by atoms with Crippen molar-refractivity contribution in [1.82, 2.24) is 32.6 Å². The van der Waals surface area contributed by atoms with E-state index in [0.29, 0.717) is 19.4 Å². The van der Waals surface area contributed by atoms with Gasteiger partial charge in [-0.05, 0) is 35.9 Å². The number of carbonyl (C=O) groups excluding carboxylic acids is 2. The molecule has 1 fully saturated rings. The van der Waals surface area contributed by atoms with E-state index in [-0.39, 0.29) is 24.5 Å². The van der Waals surface area contributed by atoms with Crippen LogP contribution in [0.2, 0.25) is 0 Å². The van der Waals surface area contributed by atoms with Gasteiger partial charge >= 0.3 is 5.97 Å². The predicted octanol–water partition coefficient (Wildman–Crippen LogP) is -1.05. The van der Waals surface area contributed by atoms with Gasteiger partial charge in [0.2, 0.25) is 11.8 Å². The molecule has 13 heteroatoms. The molecule has 0 aliphatic carbocycles. The van der Waals surface area contributed by atoms with Crippen molar-refractivity contribution in [3.63, 3.8) is 0 Å². The highest BCUT2D eigenvalue weighted by atomic mass is 16.4. The second kappa shape index (κ2) is 15.6. The van der Waals surface area contributed by atoms with Crippen LogP contribution in [-0.2, 0) is 20.8 Å². The highest BCUT2D eigenvalue weighted by Gasteiger charge is 2.34. The average molecular weight is 487 g/mol. The number of carboxylic acid groups (broad SMARTS) is 1. The van der Waals surface area contributed by atoms with Crippen LogP contribution < -0.4 is 44.0 Å². The molecule has 0 bridgehead atoms. The summed E-state index contributed by atoms with van der Waals surface area (Å²) in [6.45, 7) is 0.571. The summed E-state index contributed by atoms with van der Waals surface area (Å²) < 4.78 is 0. The molecule has 189 valence electrons. The van der Waals surface area contributed by atoms with Gasteiger partial charge in [0.05, 0.1) is 12.5 Å². The summed E-state index contributed by atoms with van der Waals surface area (Å²) in [4.78, 5) is 40.5. The van der Waals surface area contributed by atoms with Crippen molar-refractivity contribution in [3.8, 4) is 0 Å². The quantitative estimate of drug-likeness (QED) is 0.111. The summed E-state index contributed by atoms with van der Waals surface area (Å²) in [5, 5.41) is 14.5. The van der Waals surface area contributed by atoms with Crippen molar-refractivity contribution in [2.24, 2.45) is 16.5 Å². The van der Waals surface area contributed by atoms with Crippen LogP contribution in [-0.4, -0.2) is 47.5 Å². The minimum atomic E-state index is -1.24. The molecule has 0 aromatic heterocycles. The molecule has 2 atom stereocenters. The van der Waals surface area contributed by atoms with E-state index >= 15 is 0 Å². The van der Waals surface area contributed by atoms with E-state index in [2.05, 4.69) is 37.5 Å². The number of aliphatic carboxylic acids is 1. The third-order valence-corrected chi connectivity index (χ3v) is 5.13. The molecule has 1 aliphatic heterocycles. The van der Waals surface area contributed by atoms with Crippen molar-refractivity contribution in [2.45, 2.75) is 63.5 Å². The SMILES string of the molecule is NC(N)=NCCCCCCCC(=O)N[C@@H](CC(=O)O)C(=O)N[C@@H](Cc1ccccc1)[C]1[N][N][N][N]1. The first-order valence-electron chi connectivity index (χ1n) is 11.4. The molecule has 0 saturated carbocycles. The molecule has 13 nitrogen and oxygen atoms in total. The number of carboxylic acids is 1. The van der Waals surface area contributed by atoms with Crippen LogP contribution in [0.15, 0.2) is 35.3 Å². The molecule has 2 amide bonds. The topological polar surface area (TPSA) is 216 Å². The maximum atomic E-state index is 12.9. The Kier molecular flexibility index (Phi) is 12.5. The third kappa shape index (κ3) is 11.6. The number of nitrogens with one attached hydrogen (secondary N) is 2. The highest BCUT2D eigenvalue weighted by molar-refractivity contribution is 5.90. The number of rotatable bonds is 16. The first-order chi connectivity index (χ1) is 16.8. The largest absolute Gasteiger partial charge is 0.481 e. The van der Waals surface area contributed by atoms with Crippen molar-refractivity contribution in [2.75, 3.05) is 6.54 Å². The van der Waals surface area contributed by atoms with Gasteiger partial charge in [0.15, 0.2) is 12.1 Å². The van der Waals surface area contributed by atoms with Gasteiger partial charge in [-0.2, -0.15) is 0 Å². The van der Waals surface area contributed by atoms with E-state index in [1.165, 1.54) is 0 Å². The molecule has 1 aromatic rings. The van der Waals surface area contributed by atoms with Gasteiger partial charge in [-0.1, -0.05) is 60.4 Å². The van der Waals surface area contributed by atoms with Crippen molar-refractivity contribution < 1.29 is 19.5 Å². The van der Waals surface area contributed by atoms with E-state index < -0.39 is 30.4 Å². The molecule has 35 heavy (non-hydrogen) atoms. The van der Waals surface area contributed by atoms with E-state index in [1.807, 2.05) is 30.3 Å². The van der Waals surface area contributed by atoms with Gasteiger partial charge in [-0.15, -0.1) is 0 Å². The lowest BCUT2D eigenvalue weighted by Crippen LogP contribution is -2.53. The average Bonchev–Trinajstić information content (AvgIpc) is 3.35. The van der Waals surface area contributed by atoms with Gasteiger partial charge < -0.3 is 27.2 Å². The maximum Gasteiger partial charge on any atom is 0.305 e. The number of amides is 2. The molecule has 0 unspecified atom stereocenters. The number of hydrogen-bond acceptors (Lipinski definition) is 4. The Morgan fingerprint density at radius 2 is 1.60 bits per heavy atom. The Hall–Kier alpha value is -3.26. The van der Waals surface area contributed by atoms with Crippen molar-refractivity contribution >= 4 is 23.7 Å². The molecule has 1 saturated heterocycles. The Balaban J connectivity index is 1.84. The molecule has 1 aromatic carbocycles. The van der Waals surface area contributed by atoms with Crippen molar-refractivity contribution in [3.05, 3.63) is 42.1 Å². The maximum absolute atomic E-state index is 12.9. The zero-order valence-electron chi connectivity index (χ0n) is 19.5. The smallest absolute Gasteiger partial charge is 0.305 e. The van der Waals surface area contributed by atoms with Crippen LogP contribution in [0.1, 0.15) is 50.5 Å². The Labute approximate surface area is 204 Å². The van der Waals surface area contributed by atoms with E-state index in [9.17, 15) is 19.5 Å². The first kappa shape index (κ1) is 28.0. The summed E-state index contributed by atoms with van der Waals surface area (Å²) in [5.41, 5.74) is 26.0. The standard InChI is InChI=1S/C22H32N9O4/c23-22(24)25-12-8-3-1-2-7-11-18(32)26-17(14-19(33)34)21(35)27-16(20-28-30-31-29-20)13-15-9-5-4-6-10-15/h4-6,9-10,16-17H,1-3,7-8,11-14H2,(H,26,32)(H,27,35)(H,33,34)(H4,23,24,25)/t16-,17-/m0/s1. The molecule has 5 radical (unpaired) electrons. The van der Waals surface area contributed by atoms with Gasteiger partial charge in [0.25, 0.3) is 0 Å². The minimum Gasteiger partial charge on any atom is -0.481 e. The number of hydrogen-bond donors (Lipinski definition) is 5. The number of unbranched alkanes of at least 4 members (excludes halogenated alkanes) is 4. The summed E-state index contributed by atoms with van der Waals surface area (Å²) in [6, 6.07) is 7.40. The molecule has 1 heterocycles. The number of benzene rings is 1. The second-order valence-electron chi connectivity index (χ2n) is 8.03. The van der Waals surface area contributed by atoms with Crippen molar-refractivity contribution in [1.29, 1.82) is 0 Å². The fourth-order valence-corrected chi connectivity index (χ4v) is 3.41. The van der Waals surface area contributed by atoms with Crippen LogP contribution >= 0.6 is 0 Å². The van der Waals surface area contributed by atoms with Gasteiger partial charge in [0.1, 0.15) is 6.04 Å². The van der Waals surface area contributed by atoms with E-state index in [4.69, 9.17) is 11.5 Å². The highest BCUT2D eigenvalue weighted by Crippen LogP contribution is 2.13. The normalized spacial score (nSPS) is 15.2. The Bertz CT molecular complexity index is 827. The lowest BCUT2D eigenvalue weighted by Gasteiger charge is -2.24. The monoisotopic (exact) mass is 486 g/mol. The fraction of sp³-hybridized carbons (Fsp3) is 0.500. The number of nitrogens with two attached hydrogens (primary N) is 2. The van der Waals surface area contributed by atoms with Crippen LogP contribution in [0, 0.1) is 6.17 Å². The lowest BCUT2D eigenvalue weighted by molar-refractivity contribution is -0.140. The molecule has 0 spiro atoms. The van der Waals surface area contributed by atoms with E-state index in [1.54, 1.807) is 0 Å². The summed E-state index contributed by atoms with van der Waals surface area (Å²) in [5.74, 6) is -2.17. The summed E-state index contributed by atoms with van der Waals surface area (Å²) >= 11 is 0. The zero-order chi connectivity index (χ0) is 25.5. The van der Waals surface area contributed by atoms with Gasteiger partial charge in [-0.3, -0.25) is 19.4 Å². The first-order valence-corrected chi connectivity index (χ1v) is 11.4. The lowest BCUT2D eigenvalue weighted by atomic mass is 10.0. The fourth-order valence-electron chi connectivity index (χ4n) is 3.41. The Morgan fingerprint density at radius 1 is 0.943 bits per heavy atom. The Morgan fingerprint density at radius 3 is 2.26 bits per heavy atom. The van der Waals surface area contributed by atoms with Crippen LogP contribution in [0.4, 0.5) is 0 Å². The number of carbonyl (C=O) groups is 3. The molecule has 1 aliphatic rings. The van der Waals surface area contributed by atoms with Gasteiger partial charge in [0, 0.05) is 13.0 Å². The summed E-state index contributed by atoms with van der Waals surface area (Å²) in [7, 11) is 0. The summed E-state index contributed by atoms with van der Waals surface area (Å²) in [6.07, 6.45) is 4.30. The molecule has 2 rings (SSSR count). The molecule has 7 N–H and O–H groups in total.